The Hall–Kier alpha value is -1.89. The molecule has 0 radical (unpaired) electrons. The molecule has 1 aromatic rings. The molecule has 0 amide bonds. The lowest BCUT2D eigenvalue weighted by Gasteiger charge is -2.30. The zero-order valence-corrected chi connectivity index (χ0v) is 13.2. The molecule has 9 heteroatoms. The first-order valence-electron chi connectivity index (χ1n) is 6.61. The predicted octanol–water partition coefficient (Wildman–Crippen LogP) is -0.0207. The van der Waals surface area contributed by atoms with E-state index in [9.17, 15) is 18.5 Å². The lowest BCUT2D eigenvalue weighted by Crippen LogP contribution is -2.39. The van der Waals surface area contributed by atoms with Gasteiger partial charge in [0.25, 0.3) is 0 Å². The van der Waals surface area contributed by atoms with E-state index in [1.54, 1.807) is 0 Å². The Balaban J connectivity index is 2.49. The molecule has 2 heterocycles. The number of ether oxygens (including phenoxy) is 2. The van der Waals surface area contributed by atoms with Gasteiger partial charge < -0.3 is 9.47 Å². The Kier molecular flexibility index (Phi) is 4.85. The minimum Gasteiger partial charge on any atom is -0.465 e. The molecule has 1 atom stereocenters. The van der Waals surface area contributed by atoms with Crippen molar-refractivity contribution in [2.24, 2.45) is 0 Å². The second kappa shape index (κ2) is 6.48. The first kappa shape index (κ1) is 16.5. The lowest BCUT2D eigenvalue weighted by atomic mass is 10.1. The maximum Gasteiger partial charge on any atom is 0.339 e. The quantitative estimate of drug-likeness (QED) is 0.716. The number of esters is 1. The molecule has 0 aliphatic carbocycles. The summed E-state index contributed by atoms with van der Waals surface area (Å²) in [6, 6.07) is 2.71. The van der Waals surface area contributed by atoms with Gasteiger partial charge in [-0.15, -0.1) is 0 Å². The van der Waals surface area contributed by atoms with Crippen LogP contribution in [0.4, 0.5) is 0 Å². The van der Waals surface area contributed by atoms with Crippen molar-refractivity contribution in [3.05, 3.63) is 23.5 Å². The van der Waals surface area contributed by atoms with Gasteiger partial charge in [0.05, 0.1) is 43.9 Å². The minimum atomic E-state index is -3.65. The maximum atomic E-state index is 11.9. The molecule has 0 N–H and O–H groups in total. The van der Waals surface area contributed by atoms with Crippen molar-refractivity contribution in [1.82, 2.24) is 8.87 Å². The fraction of sp³-hybridized carbons (Fsp3) is 0.538. The summed E-state index contributed by atoms with van der Waals surface area (Å²) in [5.74, 6) is -0.651. The minimum absolute atomic E-state index is 0.0939. The predicted molar refractivity (Wildman–Crippen MR) is 76.8 cm³/mol. The van der Waals surface area contributed by atoms with Gasteiger partial charge in [0.15, 0.2) is 0 Å². The van der Waals surface area contributed by atoms with Crippen LogP contribution in [0.15, 0.2) is 12.3 Å². The molecular formula is C13H17N3O5S. The summed E-state index contributed by atoms with van der Waals surface area (Å²) < 4.78 is 34.7. The van der Waals surface area contributed by atoms with Crippen LogP contribution in [0.2, 0.25) is 0 Å². The molecular weight excluding hydrogens is 310 g/mol. The van der Waals surface area contributed by atoms with Gasteiger partial charge in [-0.3, -0.25) is 4.90 Å². The number of hydrogen-bond donors (Lipinski definition) is 0. The standard InChI is InChI=1S/C13H17N3O5S/c1-20-13(17)10-7-11(16(9-10)22(2,18)19)12(8-14)15-3-5-21-6-4-15/h7,9,12H,3-6H2,1-2H3. The third-order valence-corrected chi connectivity index (χ3v) is 4.44. The zero-order valence-electron chi connectivity index (χ0n) is 12.4. The SMILES string of the molecule is COC(=O)c1cc(C(C#N)N2CCOCC2)n(S(C)(=O)=O)c1. The molecule has 22 heavy (non-hydrogen) atoms. The number of morpholine rings is 1. The highest BCUT2D eigenvalue weighted by molar-refractivity contribution is 7.89. The van der Waals surface area contributed by atoms with Gasteiger partial charge in [0.2, 0.25) is 10.0 Å². The molecule has 1 aliphatic rings. The van der Waals surface area contributed by atoms with Crippen LogP contribution in [0.25, 0.3) is 0 Å². The van der Waals surface area contributed by atoms with Crippen LogP contribution in [-0.2, 0) is 19.5 Å². The normalized spacial score (nSPS) is 17.7. The number of nitrogens with zero attached hydrogens (tertiary/aromatic N) is 3. The van der Waals surface area contributed by atoms with E-state index in [1.165, 1.54) is 19.4 Å². The van der Waals surface area contributed by atoms with Crippen molar-refractivity contribution in [1.29, 1.82) is 5.26 Å². The number of carbonyl (C=O) groups is 1. The van der Waals surface area contributed by atoms with E-state index in [4.69, 9.17) is 4.74 Å². The highest BCUT2D eigenvalue weighted by Gasteiger charge is 2.29. The summed E-state index contributed by atoms with van der Waals surface area (Å²) in [7, 11) is -2.44. The summed E-state index contributed by atoms with van der Waals surface area (Å²) in [4.78, 5) is 13.5. The summed E-state index contributed by atoms with van der Waals surface area (Å²) in [6.07, 6.45) is 2.20. The van der Waals surface area contributed by atoms with Crippen molar-refractivity contribution < 1.29 is 22.7 Å². The van der Waals surface area contributed by atoms with Gasteiger partial charge in [0, 0.05) is 19.3 Å². The van der Waals surface area contributed by atoms with Crippen LogP contribution in [0.3, 0.4) is 0 Å². The molecule has 2 rings (SSSR count). The van der Waals surface area contributed by atoms with Crippen molar-refractivity contribution in [2.45, 2.75) is 6.04 Å². The second-order valence-corrected chi connectivity index (χ2v) is 6.74. The van der Waals surface area contributed by atoms with Gasteiger partial charge >= 0.3 is 5.97 Å². The Bertz CT molecular complexity index is 698. The van der Waals surface area contributed by atoms with Crippen molar-refractivity contribution >= 4 is 16.0 Å². The van der Waals surface area contributed by atoms with Crippen molar-refractivity contribution in [3.8, 4) is 6.07 Å². The number of rotatable bonds is 4. The van der Waals surface area contributed by atoms with E-state index in [-0.39, 0.29) is 11.3 Å². The molecule has 1 fully saturated rings. The Morgan fingerprint density at radius 1 is 1.45 bits per heavy atom. The van der Waals surface area contributed by atoms with E-state index in [0.29, 0.717) is 26.3 Å². The van der Waals surface area contributed by atoms with Gasteiger partial charge in [-0.2, -0.15) is 5.26 Å². The summed E-state index contributed by atoms with van der Waals surface area (Å²) in [6.45, 7) is 1.98. The third-order valence-electron chi connectivity index (χ3n) is 3.41. The molecule has 0 aromatic carbocycles. The average Bonchev–Trinajstić information content (AvgIpc) is 2.93. The third kappa shape index (κ3) is 3.30. The summed E-state index contributed by atoms with van der Waals surface area (Å²) in [5.41, 5.74) is 0.323. The molecule has 0 bridgehead atoms. The van der Waals surface area contributed by atoms with Crippen LogP contribution in [0.1, 0.15) is 22.1 Å². The summed E-state index contributed by atoms with van der Waals surface area (Å²) in [5, 5.41) is 9.47. The van der Waals surface area contributed by atoms with Crippen molar-refractivity contribution in [2.75, 3.05) is 39.7 Å². The van der Waals surface area contributed by atoms with Gasteiger partial charge in [0.1, 0.15) is 6.04 Å². The fourth-order valence-electron chi connectivity index (χ4n) is 2.35. The topological polar surface area (TPSA) is 102 Å². The average molecular weight is 327 g/mol. The number of carbonyl (C=O) groups excluding carboxylic acids is 1. The van der Waals surface area contributed by atoms with E-state index in [2.05, 4.69) is 10.8 Å². The molecule has 1 aromatic heterocycles. The van der Waals surface area contributed by atoms with Crippen molar-refractivity contribution in [3.63, 3.8) is 0 Å². The van der Waals surface area contributed by atoms with Gasteiger partial charge in [-0.1, -0.05) is 0 Å². The van der Waals surface area contributed by atoms with Crippen LogP contribution in [-0.4, -0.2) is 62.9 Å². The highest BCUT2D eigenvalue weighted by Crippen LogP contribution is 2.25. The molecule has 0 saturated carbocycles. The largest absolute Gasteiger partial charge is 0.465 e. The van der Waals surface area contributed by atoms with E-state index < -0.39 is 22.0 Å². The molecule has 1 saturated heterocycles. The fourth-order valence-corrected chi connectivity index (χ4v) is 3.19. The molecule has 8 nitrogen and oxygen atoms in total. The molecule has 0 spiro atoms. The summed E-state index contributed by atoms with van der Waals surface area (Å²) >= 11 is 0. The van der Waals surface area contributed by atoms with Gasteiger partial charge in [-0.05, 0) is 6.07 Å². The number of aromatic nitrogens is 1. The van der Waals surface area contributed by atoms with E-state index >= 15 is 0 Å². The molecule has 1 aliphatic heterocycles. The number of nitriles is 1. The lowest BCUT2D eigenvalue weighted by molar-refractivity contribution is 0.0258. The van der Waals surface area contributed by atoms with Crippen LogP contribution in [0.5, 0.6) is 0 Å². The first-order chi connectivity index (χ1) is 10.4. The van der Waals surface area contributed by atoms with Crippen LogP contribution >= 0.6 is 0 Å². The molecule has 120 valence electrons. The van der Waals surface area contributed by atoms with E-state index in [1.807, 2.05) is 4.90 Å². The Morgan fingerprint density at radius 3 is 2.59 bits per heavy atom. The zero-order chi connectivity index (χ0) is 16.3. The monoisotopic (exact) mass is 327 g/mol. The second-order valence-electron chi connectivity index (χ2n) is 4.88. The Labute approximate surface area is 128 Å². The Morgan fingerprint density at radius 2 is 2.09 bits per heavy atom. The van der Waals surface area contributed by atoms with Crippen LogP contribution < -0.4 is 0 Å². The number of methoxy groups -OCH3 is 1. The highest BCUT2D eigenvalue weighted by atomic mass is 32.2. The maximum absolute atomic E-state index is 11.9. The van der Waals surface area contributed by atoms with Crippen LogP contribution in [0, 0.1) is 11.3 Å². The first-order valence-corrected chi connectivity index (χ1v) is 8.46. The molecule has 1 unspecified atom stereocenters. The number of hydrogen-bond acceptors (Lipinski definition) is 7. The van der Waals surface area contributed by atoms with E-state index in [0.717, 1.165) is 10.2 Å². The smallest absolute Gasteiger partial charge is 0.339 e. The van der Waals surface area contributed by atoms with Gasteiger partial charge in [-0.25, -0.2) is 17.2 Å².